The number of carbonyl (C=O) groups is 2. The van der Waals surface area contributed by atoms with E-state index in [-0.39, 0.29) is 22.5 Å². The SMILES string of the molecule is COC(=O)CCCCNC(=O)c1cccc(NS(=O)(=O)c2ccc3c(c2)OCCO3)c1. The Morgan fingerprint density at radius 2 is 1.81 bits per heavy atom. The van der Waals surface area contributed by atoms with Crippen molar-refractivity contribution in [3.8, 4) is 11.5 Å². The Balaban J connectivity index is 1.60. The average molecular weight is 448 g/mol. The van der Waals surface area contributed by atoms with Crippen molar-refractivity contribution in [2.75, 3.05) is 31.6 Å². The number of hydrogen-bond acceptors (Lipinski definition) is 7. The van der Waals surface area contributed by atoms with Crippen LogP contribution >= 0.6 is 0 Å². The lowest BCUT2D eigenvalue weighted by atomic mass is 10.2. The number of rotatable bonds is 9. The highest BCUT2D eigenvalue weighted by molar-refractivity contribution is 7.92. The number of fused-ring (bicyclic) bond motifs is 1. The van der Waals surface area contributed by atoms with Crippen LogP contribution in [0, 0.1) is 0 Å². The van der Waals surface area contributed by atoms with E-state index in [0.717, 1.165) is 0 Å². The fourth-order valence-corrected chi connectivity index (χ4v) is 3.99. The monoisotopic (exact) mass is 448 g/mol. The molecular weight excluding hydrogens is 424 g/mol. The lowest BCUT2D eigenvalue weighted by Crippen LogP contribution is -2.24. The summed E-state index contributed by atoms with van der Waals surface area (Å²) in [6, 6.07) is 10.6. The molecule has 3 rings (SSSR count). The third-order valence-electron chi connectivity index (χ3n) is 4.52. The number of hydrogen-bond donors (Lipinski definition) is 2. The van der Waals surface area contributed by atoms with Crippen molar-refractivity contribution in [1.29, 1.82) is 0 Å². The predicted molar refractivity (Wildman–Crippen MR) is 113 cm³/mol. The number of benzene rings is 2. The number of nitrogens with one attached hydrogen (secondary N) is 2. The molecule has 166 valence electrons. The van der Waals surface area contributed by atoms with Crippen molar-refractivity contribution in [3.05, 3.63) is 48.0 Å². The van der Waals surface area contributed by atoms with Gasteiger partial charge in [0.2, 0.25) is 0 Å². The van der Waals surface area contributed by atoms with Crippen LogP contribution in [0.1, 0.15) is 29.6 Å². The molecule has 0 fully saturated rings. The van der Waals surface area contributed by atoms with E-state index >= 15 is 0 Å². The molecule has 1 aliphatic heterocycles. The minimum atomic E-state index is -3.89. The maximum absolute atomic E-state index is 12.7. The first-order valence-electron chi connectivity index (χ1n) is 9.76. The maximum Gasteiger partial charge on any atom is 0.305 e. The van der Waals surface area contributed by atoms with Gasteiger partial charge in [0, 0.05) is 30.3 Å². The molecule has 1 heterocycles. The van der Waals surface area contributed by atoms with Crippen molar-refractivity contribution in [2.24, 2.45) is 0 Å². The molecule has 2 aromatic rings. The third-order valence-corrected chi connectivity index (χ3v) is 5.90. The first kappa shape index (κ1) is 22.4. The molecule has 1 aliphatic rings. The Morgan fingerprint density at radius 3 is 2.58 bits per heavy atom. The van der Waals surface area contributed by atoms with E-state index in [0.29, 0.717) is 56.1 Å². The van der Waals surface area contributed by atoms with Crippen LogP contribution in [0.4, 0.5) is 5.69 Å². The molecule has 0 aliphatic carbocycles. The number of ether oxygens (including phenoxy) is 3. The number of esters is 1. The largest absolute Gasteiger partial charge is 0.486 e. The number of sulfonamides is 1. The lowest BCUT2D eigenvalue weighted by molar-refractivity contribution is -0.140. The summed E-state index contributed by atoms with van der Waals surface area (Å²) < 4.78 is 43.4. The van der Waals surface area contributed by atoms with Crippen LogP contribution < -0.4 is 19.5 Å². The van der Waals surface area contributed by atoms with Crippen LogP contribution in [0.25, 0.3) is 0 Å². The Labute approximate surface area is 180 Å². The van der Waals surface area contributed by atoms with Gasteiger partial charge in [-0.2, -0.15) is 0 Å². The molecule has 9 nitrogen and oxygen atoms in total. The zero-order valence-corrected chi connectivity index (χ0v) is 17.9. The summed E-state index contributed by atoms with van der Waals surface area (Å²) in [6.07, 6.45) is 1.52. The molecule has 0 atom stereocenters. The van der Waals surface area contributed by atoms with Crippen LogP contribution in [0.5, 0.6) is 11.5 Å². The van der Waals surface area contributed by atoms with Gasteiger partial charge in [0.1, 0.15) is 13.2 Å². The molecule has 0 saturated carbocycles. The molecule has 10 heteroatoms. The van der Waals surface area contributed by atoms with Crippen LogP contribution in [-0.2, 0) is 19.6 Å². The highest BCUT2D eigenvalue weighted by Gasteiger charge is 2.20. The zero-order chi connectivity index (χ0) is 22.3. The quantitative estimate of drug-likeness (QED) is 0.446. The van der Waals surface area contributed by atoms with Gasteiger partial charge in [-0.3, -0.25) is 14.3 Å². The number of amides is 1. The van der Waals surface area contributed by atoms with Crippen molar-refractivity contribution in [1.82, 2.24) is 5.32 Å². The van der Waals surface area contributed by atoms with Gasteiger partial charge in [0.25, 0.3) is 15.9 Å². The van der Waals surface area contributed by atoms with Crippen LogP contribution in [0.2, 0.25) is 0 Å². The van der Waals surface area contributed by atoms with E-state index in [1.165, 1.54) is 25.3 Å². The minimum absolute atomic E-state index is 0.0252. The van der Waals surface area contributed by atoms with Gasteiger partial charge in [0.15, 0.2) is 11.5 Å². The first-order chi connectivity index (χ1) is 14.9. The summed E-state index contributed by atoms with van der Waals surface area (Å²) in [4.78, 5) is 23.4. The Hall–Kier alpha value is -3.27. The second-order valence-electron chi connectivity index (χ2n) is 6.78. The van der Waals surface area contributed by atoms with Crippen molar-refractivity contribution < 1.29 is 32.2 Å². The second-order valence-corrected chi connectivity index (χ2v) is 8.46. The molecule has 0 aromatic heterocycles. The van der Waals surface area contributed by atoms with E-state index in [4.69, 9.17) is 9.47 Å². The Bertz CT molecular complexity index is 1050. The number of carbonyl (C=O) groups excluding carboxylic acids is 2. The average Bonchev–Trinajstić information content (AvgIpc) is 2.78. The topological polar surface area (TPSA) is 120 Å². The van der Waals surface area contributed by atoms with Gasteiger partial charge < -0.3 is 19.5 Å². The number of unbranched alkanes of at least 4 members (excludes halogenated alkanes) is 1. The van der Waals surface area contributed by atoms with E-state index in [1.54, 1.807) is 24.3 Å². The summed E-state index contributed by atoms with van der Waals surface area (Å²) in [6.45, 7) is 1.16. The van der Waals surface area contributed by atoms with Crippen molar-refractivity contribution in [2.45, 2.75) is 24.2 Å². The summed E-state index contributed by atoms with van der Waals surface area (Å²) in [5.74, 6) is 0.243. The molecular formula is C21H24N2O7S. The second kappa shape index (κ2) is 10.2. The third kappa shape index (κ3) is 6.11. The van der Waals surface area contributed by atoms with Crippen molar-refractivity contribution >= 4 is 27.6 Å². The minimum Gasteiger partial charge on any atom is -0.486 e. The number of methoxy groups -OCH3 is 1. The fraction of sp³-hybridized carbons (Fsp3) is 0.333. The van der Waals surface area contributed by atoms with Gasteiger partial charge in [-0.25, -0.2) is 8.42 Å². The molecule has 0 spiro atoms. The molecule has 0 bridgehead atoms. The maximum atomic E-state index is 12.7. The smallest absolute Gasteiger partial charge is 0.305 e. The van der Waals surface area contributed by atoms with Gasteiger partial charge in [-0.15, -0.1) is 0 Å². The summed E-state index contributed by atoms with van der Waals surface area (Å²) in [5, 5.41) is 2.75. The van der Waals surface area contributed by atoms with E-state index in [2.05, 4.69) is 14.8 Å². The molecule has 0 radical (unpaired) electrons. The van der Waals surface area contributed by atoms with E-state index < -0.39 is 10.0 Å². The highest BCUT2D eigenvalue weighted by atomic mass is 32.2. The van der Waals surface area contributed by atoms with Crippen LogP contribution in [0.3, 0.4) is 0 Å². The lowest BCUT2D eigenvalue weighted by Gasteiger charge is -2.19. The molecule has 0 unspecified atom stereocenters. The summed E-state index contributed by atoms with van der Waals surface area (Å²) in [7, 11) is -2.55. The zero-order valence-electron chi connectivity index (χ0n) is 17.1. The fourth-order valence-electron chi connectivity index (χ4n) is 2.93. The van der Waals surface area contributed by atoms with Gasteiger partial charge in [0.05, 0.1) is 12.0 Å². The van der Waals surface area contributed by atoms with Gasteiger partial charge in [-0.05, 0) is 43.2 Å². The Morgan fingerprint density at radius 1 is 1.03 bits per heavy atom. The molecule has 2 N–H and O–H groups in total. The normalized spacial score (nSPS) is 12.7. The van der Waals surface area contributed by atoms with Crippen molar-refractivity contribution in [3.63, 3.8) is 0 Å². The molecule has 31 heavy (non-hydrogen) atoms. The summed E-state index contributed by atoms with van der Waals surface area (Å²) in [5.41, 5.74) is 0.573. The number of anilines is 1. The summed E-state index contributed by atoms with van der Waals surface area (Å²) >= 11 is 0. The molecule has 1 amide bonds. The van der Waals surface area contributed by atoms with Gasteiger partial charge in [-0.1, -0.05) is 6.07 Å². The predicted octanol–water partition coefficient (Wildman–Crippen LogP) is 2.33. The Kier molecular flexibility index (Phi) is 7.35. The highest BCUT2D eigenvalue weighted by Crippen LogP contribution is 2.32. The first-order valence-corrected chi connectivity index (χ1v) is 11.2. The van der Waals surface area contributed by atoms with Crippen LogP contribution in [-0.4, -0.2) is 47.2 Å². The molecule has 0 saturated heterocycles. The molecule has 2 aromatic carbocycles. The van der Waals surface area contributed by atoms with E-state index in [9.17, 15) is 18.0 Å². The standard InChI is InChI=1S/C21H24N2O7S/c1-28-20(24)7-2-3-10-22-21(25)15-5-4-6-16(13-15)23-31(26,27)17-8-9-18-19(14-17)30-12-11-29-18/h4-6,8-9,13-14,23H,2-3,7,10-12H2,1H3,(H,22,25). The van der Waals surface area contributed by atoms with Crippen LogP contribution in [0.15, 0.2) is 47.4 Å². The van der Waals surface area contributed by atoms with E-state index in [1.807, 2.05) is 0 Å². The van der Waals surface area contributed by atoms with Gasteiger partial charge >= 0.3 is 5.97 Å².